The van der Waals surface area contributed by atoms with Crippen molar-refractivity contribution in [1.82, 2.24) is 0 Å². The van der Waals surface area contributed by atoms with E-state index in [4.69, 9.17) is 0 Å². The Labute approximate surface area is 136 Å². The molecule has 1 amide bonds. The lowest BCUT2D eigenvalue weighted by atomic mass is 10.1. The number of hydrogen-bond donors (Lipinski definition) is 1. The fourth-order valence-corrected chi connectivity index (χ4v) is 1.74. The van der Waals surface area contributed by atoms with Gasteiger partial charge in [0.05, 0.1) is 6.21 Å². The van der Waals surface area contributed by atoms with Gasteiger partial charge in [-0.1, -0.05) is 44.7 Å². The number of aliphatic imine (C=N–C) groups is 1. The number of hydrogen-bond acceptors (Lipinski definition) is 2. The molecule has 120 valence electrons. The van der Waals surface area contributed by atoms with Crippen LogP contribution in [0.5, 0.6) is 0 Å². The van der Waals surface area contributed by atoms with Crippen molar-refractivity contribution >= 4 is 23.4 Å². The summed E-state index contributed by atoms with van der Waals surface area (Å²) < 4.78 is 13.4. The SMILES string of the molecule is C=CC(=O)Nc1cccc(/C(C=C)=C/N=C\C(F)=C/CCC)c1. The van der Waals surface area contributed by atoms with Crippen molar-refractivity contribution in [2.75, 3.05) is 5.32 Å². The highest BCUT2D eigenvalue weighted by Crippen LogP contribution is 2.20. The Balaban J connectivity index is 2.92. The zero-order valence-electron chi connectivity index (χ0n) is 13.3. The Hall–Kier alpha value is -2.75. The standard InChI is InChI=1S/C19H21FN2O/c1-4-7-10-17(20)14-21-13-15(5-2)16-9-8-11-18(12-16)22-19(23)6-3/h5-6,8-14H,2-4,7H2,1H3,(H,22,23)/b15-13+,17-10+,21-14-. The molecule has 0 unspecified atom stereocenters. The summed E-state index contributed by atoms with van der Waals surface area (Å²) in [5.74, 6) is -0.647. The molecule has 0 radical (unpaired) electrons. The van der Waals surface area contributed by atoms with Crippen molar-refractivity contribution in [2.24, 2.45) is 4.99 Å². The maximum Gasteiger partial charge on any atom is 0.247 e. The lowest BCUT2D eigenvalue weighted by Gasteiger charge is -2.06. The number of nitrogens with one attached hydrogen (secondary N) is 1. The average Bonchev–Trinajstić information content (AvgIpc) is 2.57. The molecule has 1 rings (SSSR count). The molecule has 0 heterocycles. The van der Waals surface area contributed by atoms with Crippen molar-refractivity contribution in [3.63, 3.8) is 0 Å². The highest BCUT2D eigenvalue weighted by Gasteiger charge is 2.01. The second kappa shape index (κ2) is 10.1. The highest BCUT2D eigenvalue weighted by molar-refractivity contribution is 5.99. The van der Waals surface area contributed by atoms with E-state index >= 15 is 0 Å². The van der Waals surface area contributed by atoms with Crippen LogP contribution in [0.2, 0.25) is 0 Å². The number of halogens is 1. The summed E-state index contributed by atoms with van der Waals surface area (Å²) in [6.45, 7) is 9.13. The van der Waals surface area contributed by atoms with Crippen molar-refractivity contribution in [3.8, 4) is 0 Å². The minimum Gasteiger partial charge on any atom is -0.323 e. The van der Waals surface area contributed by atoms with Gasteiger partial charge in [-0.05, 0) is 41.8 Å². The van der Waals surface area contributed by atoms with E-state index in [0.29, 0.717) is 12.1 Å². The quantitative estimate of drug-likeness (QED) is 0.407. The molecule has 3 nitrogen and oxygen atoms in total. The Morgan fingerprint density at radius 3 is 2.78 bits per heavy atom. The van der Waals surface area contributed by atoms with Crippen LogP contribution in [-0.4, -0.2) is 12.1 Å². The summed E-state index contributed by atoms with van der Waals surface area (Å²) in [7, 11) is 0. The zero-order valence-corrected chi connectivity index (χ0v) is 13.3. The van der Waals surface area contributed by atoms with Crippen LogP contribution in [-0.2, 0) is 4.79 Å². The molecule has 0 aromatic heterocycles. The number of allylic oxidation sites excluding steroid dienone is 4. The van der Waals surface area contributed by atoms with Gasteiger partial charge in [0.2, 0.25) is 5.91 Å². The van der Waals surface area contributed by atoms with Gasteiger partial charge in [-0.2, -0.15) is 0 Å². The lowest BCUT2D eigenvalue weighted by molar-refractivity contribution is -0.111. The minimum atomic E-state index is -0.362. The van der Waals surface area contributed by atoms with E-state index in [1.807, 2.05) is 13.0 Å². The molecular formula is C19H21FN2O. The molecule has 23 heavy (non-hydrogen) atoms. The molecule has 0 spiro atoms. The van der Waals surface area contributed by atoms with Gasteiger partial charge in [-0.15, -0.1) is 0 Å². The molecule has 0 saturated heterocycles. The van der Waals surface area contributed by atoms with E-state index in [9.17, 15) is 9.18 Å². The largest absolute Gasteiger partial charge is 0.323 e. The monoisotopic (exact) mass is 312 g/mol. The van der Waals surface area contributed by atoms with Crippen LogP contribution in [0.25, 0.3) is 5.57 Å². The van der Waals surface area contributed by atoms with Crippen LogP contribution < -0.4 is 5.32 Å². The van der Waals surface area contributed by atoms with E-state index in [0.717, 1.165) is 17.6 Å². The number of nitrogens with zero attached hydrogens (tertiary/aromatic N) is 1. The van der Waals surface area contributed by atoms with Crippen molar-refractivity contribution in [1.29, 1.82) is 0 Å². The molecule has 1 aromatic rings. The average molecular weight is 312 g/mol. The Morgan fingerprint density at radius 1 is 1.35 bits per heavy atom. The maximum absolute atomic E-state index is 13.4. The molecule has 1 aromatic carbocycles. The summed E-state index contributed by atoms with van der Waals surface area (Å²) in [6.07, 6.45) is 8.59. The smallest absolute Gasteiger partial charge is 0.247 e. The molecule has 0 aliphatic carbocycles. The first-order valence-electron chi connectivity index (χ1n) is 7.36. The second-order valence-electron chi connectivity index (χ2n) is 4.72. The normalized spacial score (nSPS) is 12.3. The molecule has 0 aliphatic rings. The first-order valence-corrected chi connectivity index (χ1v) is 7.36. The van der Waals surface area contributed by atoms with E-state index in [1.165, 1.54) is 24.6 Å². The maximum atomic E-state index is 13.4. The number of carbonyl (C=O) groups is 1. The van der Waals surface area contributed by atoms with Gasteiger partial charge in [-0.3, -0.25) is 9.79 Å². The number of benzene rings is 1. The first-order chi connectivity index (χ1) is 11.1. The van der Waals surface area contributed by atoms with E-state index in [-0.39, 0.29) is 11.7 Å². The molecule has 1 N–H and O–H groups in total. The van der Waals surface area contributed by atoms with Gasteiger partial charge >= 0.3 is 0 Å². The number of amides is 1. The molecule has 0 fully saturated rings. The first kappa shape index (κ1) is 18.3. The van der Waals surface area contributed by atoms with Gasteiger partial charge in [0.1, 0.15) is 5.83 Å². The fraction of sp³-hybridized carbons (Fsp3) is 0.158. The summed E-state index contributed by atoms with van der Waals surface area (Å²) in [4.78, 5) is 15.3. The molecule has 0 atom stereocenters. The molecule has 0 saturated carbocycles. The summed E-state index contributed by atoms with van der Waals surface area (Å²) in [5, 5.41) is 2.68. The van der Waals surface area contributed by atoms with Gasteiger partial charge in [-0.25, -0.2) is 4.39 Å². The summed E-state index contributed by atoms with van der Waals surface area (Å²) >= 11 is 0. The molecular weight excluding hydrogens is 291 g/mol. The topological polar surface area (TPSA) is 41.5 Å². The third-order valence-electron chi connectivity index (χ3n) is 2.91. The second-order valence-corrected chi connectivity index (χ2v) is 4.72. The number of carbonyl (C=O) groups excluding carboxylic acids is 1. The fourth-order valence-electron chi connectivity index (χ4n) is 1.74. The number of rotatable bonds is 8. The third kappa shape index (κ3) is 6.70. The summed E-state index contributed by atoms with van der Waals surface area (Å²) in [5.41, 5.74) is 2.18. The van der Waals surface area contributed by atoms with Gasteiger partial charge in [0.25, 0.3) is 0 Å². The summed E-state index contributed by atoms with van der Waals surface area (Å²) in [6, 6.07) is 7.21. The van der Waals surface area contributed by atoms with E-state index in [2.05, 4.69) is 23.5 Å². The molecule has 4 heteroatoms. The van der Waals surface area contributed by atoms with Gasteiger partial charge in [0.15, 0.2) is 0 Å². The van der Waals surface area contributed by atoms with Crippen LogP contribution in [0.15, 0.2) is 72.7 Å². The number of anilines is 1. The molecule has 0 aliphatic heterocycles. The predicted molar refractivity (Wildman–Crippen MR) is 96.0 cm³/mol. The lowest BCUT2D eigenvalue weighted by Crippen LogP contribution is -2.07. The van der Waals surface area contributed by atoms with Gasteiger partial charge in [0, 0.05) is 11.9 Å². The van der Waals surface area contributed by atoms with Gasteiger partial charge < -0.3 is 5.32 Å². The Bertz CT molecular complexity index is 657. The van der Waals surface area contributed by atoms with Crippen molar-refractivity contribution in [2.45, 2.75) is 19.8 Å². The predicted octanol–water partition coefficient (Wildman–Crippen LogP) is 5.06. The molecule has 0 bridgehead atoms. The zero-order chi connectivity index (χ0) is 17.1. The number of unbranched alkanes of at least 4 members (excludes halogenated alkanes) is 1. The third-order valence-corrected chi connectivity index (χ3v) is 2.91. The Kier molecular flexibility index (Phi) is 8.00. The van der Waals surface area contributed by atoms with E-state index in [1.54, 1.807) is 24.3 Å². The van der Waals surface area contributed by atoms with Crippen LogP contribution in [0.4, 0.5) is 10.1 Å². The minimum absolute atomic E-state index is 0.285. The highest BCUT2D eigenvalue weighted by atomic mass is 19.1. The van der Waals surface area contributed by atoms with Crippen LogP contribution >= 0.6 is 0 Å². The van der Waals surface area contributed by atoms with Crippen molar-refractivity contribution in [3.05, 3.63) is 73.2 Å². The van der Waals surface area contributed by atoms with E-state index < -0.39 is 0 Å². The van der Waals surface area contributed by atoms with Crippen LogP contribution in [0.1, 0.15) is 25.3 Å². The van der Waals surface area contributed by atoms with Crippen molar-refractivity contribution < 1.29 is 9.18 Å². The van der Waals surface area contributed by atoms with Crippen LogP contribution in [0.3, 0.4) is 0 Å². The van der Waals surface area contributed by atoms with Crippen LogP contribution in [0, 0.1) is 0 Å². The Morgan fingerprint density at radius 2 is 2.13 bits per heavy atom.